The molecular weight excluding hydrogens is 272 g/mol. The van der Waals surface area contributed by atoms with E-state index in [4.69, 9.17) is 0 Å². The lowest BCUT2D eigenvalue weighted by molar-refractivity contribution is -0.136. The van der Waals surface area contributed by atoms with Crippen LogP contribution in [0.5, 0.6) is 0 Å². The second-order valence-corrected chi connectivity index (χ2v) is 5.61. The Balaban J connectivity index is 2.43. The van der Waals surface area contributed by atoms with Crippen LogP contribution >= 0.6 is 15.9 Å². The highest BCUT2D eigenvalue weighted by Gasteiger charge is 2.24. The molecule has 1 aliphatic rings. The molecule has 2 amide bonds. The summed E-state index contributed by atoms with van der Waals surface area (Å²) in [7, 11) is 0. The number of amides is 2. The van der Waals surface area contributed by atoms with Gasteiger partial charge in [-0.15, -0.1) is 0 Å². The molecule has 1 fully saturated rings. The maximum absolute atomic E-state index is 12.0. The third kappa shape index (κ3) is 3.77. The molecule has 5 heteroatoms. The van der Waals surface area contributed by atoms with Crippen LogP contribution in [0.2, 0.25) is 0 Å². The van der Waals surface area contributed by atoms with E-state index in [0.29, 0.717) is 0 Å². The van der Waals surface area contributed by atoms with Gasteiger partial charge in [0.2, 0.25) is 11.8 Å². The van der Waals surface area contributed by atoms with E-state index in [1.165, 1.54) is 6.42 Å². The van der Waals surface area contributed by atoms with E-state index in [1.807, 2.05) is 4.90 Å². The standard InChI is InChI=1S/C11H19BrN2O2/c1-8(12)10(15)13-9(2)11(16)14-6-4-3-5-7-14/h8-9H,3-7H2,1-2H3,(H,13,15). The number of hydrogen-bond acceptors (Lipinski definition) is 2. The first kappa shape index (κ1) is 13.5. The number of carbonyl (C=O) groups excluding carboxylic acids is 2. The van der Waals surface area contributed by atoms with Gasteiger partial charge in [-0.1, -0.05) is 15.9 Å². The van der Waals surface area contributed by atoms with Crippen LogP contribution in [0.25, 0.3) is 0 Å². The maximum Gasteiger partial charge on any atom is 0.244 e. The highest BCUT2D eigenvalue weighted by Crippen LogP contribution is 2.10. The third-order valence-corrected chi connectivity index (χ3v) is 3.17. The molecule has 0 aromatic rings. The van der Waals surface area contributed by atoms with Crippen LogP contribution < -0.4 is 5.32 Å². The molecule has 0 bridgehead atoms. The van der Waals surface area contributed by atoms with Crippen molar-refractivity contribution in [1.29, 1.82) is 0 Å². The molecule has 0 spiro atoms. The van der Waals surface area contributed by atoms with Gasteiger partial charge in [0, 0.05) is 13.1 Å². The average molecular weight is 291 g/mol. The van der Waals surface area contributed by atoms with Crippen molar-refractivity contribution in [2.75, 3.05) is 13.1 Å². The molecular formula is C11H19BrN2O2. The normalized spacial score (nSPS) is 20.1. The largest absolute Gasteiger partial charge is 0.344 e. The molecule has 0 aromatic heterocycles. The molecule has 2 atom stereocenters. The predicted molar refractivity (Wildman–Crippen MR) is 66.4 cm³/mol. The Morgan fingerprint density at radius 1 is 1.19 bits per heavy atom. The molecule has 0 aliphatic carbocycles. The van der Waals surface area contributed by atoms with Crippen LogP contribution in [0.15, 0.2) is 0 Å². The first-order chi connectivity index (χ1) is 7.52. The second-order valence-electron chi connectivity index (χ2n) is 4.23. The summed E-state index contributed by atoms with van der Waals surface area (Å²) in [5.74, 6) is -0.112. The quantitative estimate of drug-likeness (QED) is 0.797. The van der Waals surface area contributed by atoms with Gasteiger partial charge in [-0.2, -0.15) is 0 Å². The van der Waals surface area contributed by atoms with Crippen LogP contribution in [0.4, 0.5) is 0 Å². The number of halogens is 1. The lowest BCUT2D eigenvalue weighted by atomic mass is 10.1. The zero-order valence-corrected chi connectivity index (χ0v) is 11.4. The van der Waals surface area contributed by atoms with Crippen molar-refractivity contribution in [3.05, 3.63) is 0 Å². The fourth-order valence-corrected chi connectivity index (χ4v) is 1.91. The Bertz CT molecular complexity index is 263. The van der Waals surface area contributed by atoms with E-state index < -0.39 is 6.04 Å². The molecule has 1 rings (SSSR count). The Hall–Kier alpha value is -0.580. The Kier molecular flexibility index (Phi) is 5.25. The van der Waals surface area contributed by atoms with E-state index in [2.05, 4.69) is 21.2 Å². The van der Waals surface area contributed by atoms with Gasteiger partial charge in [-0.3, -0.25) is 9.59 Å². The number of carbonyl (C=O) groups is 2. The fourth-order valence-electron chi connectivity index (χ4n) is 1.78. The SMILES string of the molecule is CC(Br)C(=O)NC(C)C(=O)N1CCCCC1. The molecule has 0 radical (unpaired) electrons. The topological polar surface area (TPSA) is 49.4 Å². The monoisotopic (exact) mass is 290 g/mol. The molecule has 2 unspecified atom stereocenters. The van der Waals surface area contributed by atoms with Crippen molar-refractivity contribution in [2.45, 2.75) is 44.0 Å². The zero-order chi connectivity index (χ0) is 12.1. The minimum absolute atomic E-state index is 0.0289. The Morgan fingerprint density at radius 3 is 2.25 bits per heavy atom. The van der Waals surface area contributed by atoms with Crippen molar-refractivity contribution in [3.63, 3.8) is 0 Å². The number of rotatable bonds is 3. The number of hydrogen-bond donors (Lipinski definition) is 1. The lowest BCUT2D eigenvalue weighted by Gasteiger charge is -2.29. The van der Waals surface area contributed by atoms with E-state index in [9.17, 15) is 9.59 Å². The van der Waals surface area contributed by atoms with Crippen molar-refractivity contribution in [3.8, 4) is 0 Å². The lowest BCUT2D eigenvalue weighted by Crippen LogP contribution is -2.49. The summed E-state index contributed by atoms with van der Waals surface area (Å²) in [5.41, 5.74) is 0. The van der Waals surface area contributed by atoms with E-state index in [0.717, 1.165) is 25.9 Å². The van der Waals surface area contributed by atoms with Crippen LogP contribution in [0, 0.1) is 0 Å². The van der Waals surface area contributed by atoms with Gasteiger partial charge in [-0.05, 0) is 33.1 Å². The second kappa shape index (κ2) is 6.23. The highest BCUT2D eigenvalue weighted by molar-refractivity contribution is 9.10. The molecule has 92 valence electrons. The first-order valence-corrected chi connectivity index (χ1v) is 6.67. The summed E-state index contributed by atoms with van der Waals surface area (Å²) >= 11 is 3.18. The molecule has 0 saturated carbocycles. The van der Waals surface area contributed by atoms with Crippen LogP contribution in [-0.2, 0) is 9.59 Å². The Morgan fingerprint density at radius 2 is 1.75 bits per heavy atom. The van der Waals surface area contributed by atoms with E-state index in [-0.39, 0.29) is 16.6 Å². The molecule has 0 aromatic carbocycles. The summed E-state index contributed by atoms with van der Waals surface area (Å²) in [6.07, 6.45) is 3.34. The maximum atomic E-state index is 12.0. The number of nitrogens with zero attached hydrogens (tertiary/aromatic N) is 1. The number of likely N-dealkylation sites (tertiary alicyclic amines) is 1. The fraction of sp³-hybridized carbons (Fsp3) is 0.818. The molecule has 1 N–H and O–H groups in total. The van der Waals surface area contributed by atoms with Crippen molar-refractivity contribution >= 4 is 27.7 Å². The van der Waals surface area contributed by atoms with Crippen molar-refractivity contribution < 1.29 is 9.59 Å². The molecule has 16 heavy (non-hydrogen) atoms. The van der Waals surface area contributed by atoms with Gasteiger partial charge >= 0.3 is 0 Å². The number of nitrogens with one attached hydrogen (secondary N) is 1. The van der Waals surface area contributed by atoms with Crippen LogP contribution in [0.3, 0.4) is 0 Å². The third-order valence-electron chi connectivity index (χ3n) is 2.76. The van der Waals surface area contributed by atoms with E-state index in [1.54, 1.807) is 13.8 Å². The minimum atomic E-state index is -0.425. The van der Waals surface area contributed by atoms with Gasteiger partial charge in [-0.25, -0.2) is 0 Å². The molecule has 1 heterocycles. The summed E-state index contributed by atoms with van der Waals surface area (Å²) in [5, 5.41) is 2.70. The Labute approximate surface area is 105 Å². The minimum Gasteiger partial charge on any atom is -0.344 e. The average Bonchev–Trinajstić information content (AvgIpc) is 2.28. The first-order valence-electron chi connectivity index (χ1n) is 5.75. The van der Waals surface area contributed by atoms with Gasteiger partial charge in [0.25, 0.3) is 0 Å². The number of alkyl halides is 1. The molecule has 1 saturated heterocycles. The molecule has 4 nitrogen and oxygen atoms in total. The summed E-state index contributed by atoms with van der Waals surface area (Å²) in [6, 6.07) is -0.425. The van der Waals surface area contributed by atoms with Gasteiger partial charge in [0.1, 0.15) is 6.04 Å². The van der Waals surface area contributed by atoms with Crippen LogP contribution in [-0.4, -0.2) is 40.7 Å². The van der Waals surface area contributed by atoms with Crippen molar-refractivity contribution in [1.82, 2.24) is 10.2 Å². The van der Waals surface area contributed by atoms with Gasteiger partial charge in [0.15, 0.2) is 0 Å². The van der Waals surface area contributed by atoms with Gasteiger partial charge < -0.3 is 10.2 Å². The number of piperidine rings is 1. The zero-order valence-electron chi connectivity index (χ0n) is 9.83. The summed E-state index contributed by atoms with van der Waals surface area (Å²) < 4.78 is 0. The summed E-state index contributed by atoms with van der Waals surface area (Å²) in [6.45, 7) is 5.13. The van der Waals surface area contributed by atoms with Crippen LogP contribution in [0.1, 0.15) is 33.1 Å². The predicted octanol–water partition coefficient (Wildman–Crippen LogP) is 1.29. The summed E-state index contributed by atoms with van der Waals surface area (Å²) in [4.78, 5) is 24.9. The van der Waals surface area contributed by atoms with E-state index >= 15 is 0 Å². The molecule has 1 aliphatic heterocycles. The van der Waals surface area contributed by atoms with Crippen molar-refractivity contribution in [2.24, 2.45) is 0 Å². The smallest absolute Gasteiger partial charge is 0.244 e. The van der Waals surface area contributed by atoms with Gasteiger partial charge in [0.05, 0.1) is 4.83 Å². The highest BCUT2D eigenvalue weighted by atomic mass is 79.9.